The van der Waals surface area contributed by atoms with Crippen molar-refractivity contribution in [1.82, 2.24) is 0 Å². The van der Waals surface area contributed by atoms with E-state index in [4.69, 9.17) is 4.52 Å². The third-order valence-corrected chi connectivity index (χ3v) is 4.15. The zero-order chi connectivity index (χ0) is 14.8. The molecule has 1 atom stereocenters. The molecular weight excluding hydrogens is 275 g/mol. The molecule has 104 valence electrons. The fourth-order valence-electron chi connectivity index (χ4n) is 1.80. The predicted octanol–water partition coefficient (Wildman–Crippen LogP) is 3.71. The minimum Gasteiger partial charge on any atom is -0.419 e. The third kappa shape index (κ3) is 2.98. The Bertz CT molecular complexity index is 694. The fourth-order valence-corrected chi connectivity index (χ4v) is 2.91. The maximum absolute atomic E-state index is 12.2. The Morgan fingerprint density at radius 1 is 1.00 bits per heavy atom. The Hall–Kier alpha value is -1.90. The summed E-state index contributed by atoms with van der Waals surface area (Å²) >= 11 is 0. The molecule has 1 unspecified atom stereocenters. The summed E-state index contributed by atoms with van der Waals surface area (Å²) in [5, 5.41) is 0. The van der Waals surface area contributed by atoms with Gasteiger partial charge in [-0.3, -0.25) is 4.79 Å². The van der Waals surface area contributed by atoms with Gasteiger partial charge >= 0.3 is 7.60 Å². The van der Waals surface area contributed by atoms with Crippen molar-refractivity contribution >= 4 is 13.1 Å². The number of rotatable bonds is 4. The first-order chi connectivity index (χ1) is 9.42. The first kappa shape index (κ1) is 14.5. The van der Waals surface area contributed by atoms with E-state index in [1.807, 2.05) is 0 Å². The Labute approximate surface area is 117 Å². The van der Waals surface area contributed by atoms with Crippen molar-refractivity contribution in [2.75, 3.05) is 0 Å². The van der Waals surface area contributed by atoms with E-state index >= 15 is 0 Å². The highest BCUT2D eigenvalue weighted by atomic mass is 31.2. The van der Waals surface area contributed by atoms with Gasteiger partial charge in [0.05, 0.1) is 0 Å². The van der Waals surface area contributed by atoms with Gasteiger partial charge in [0.2, 0.25) is 0 Å². The summed E-state index contributed by atoms with van der Waals surface area (Å²) in [5.41, 5.74) is 0.644. The van der Waals surface area contributed by atoms with Crippen molar-refractivity contribution in [2.24, 2.45) is 0 Å². The van der Waals surface area contributed by atoms with Crippen LogP contribution in [0.2, 0.25) is 0 Å². The zero-order valence-corrected chi connectivity index (χ0v) is 12.1. The van der Waals surface area contributed by atoms with Crippen LogP contribution < -0.4 is 4.52 Å². The van der Waals surface area contributed by atoms with Crippen LogP contribution in [0.5, 0.6) is 5.75 Å². The maximum Gasteiger partial charge on any atom is 0.448 e. The Balaban J connectivity index is 2.32. The van der Waals surface area contributed by atoms with Crippen molar-refractivity contribution < 1.29 is 18.8 Å². The van der Waals surface area contributed by atoms with E-state index in [-0.39, 0.29) is 11.3 Å². The second-order valence-corrected chi connectivity index (χ2v) is 6.13. The molecule has 0 heterocycles. The first-order valence-electron chi connectivity index (χ1n) is 6.10. The lowest BCUT2D eigenvalue weighted by Gasteiger charge is -2.14. The SMILES string of the molecule is Cc1ccccc1OP(=O)(O)C(=O)c1ccccc1C. The number of benzene rings is 2. The molecule has 2 aromatic rings. The molecule has 0 fully saturated rings. The monoisotopic (exact) mass is 290 g/mol. The number of aryl methyl sites for hydroxylation is 2. The molecule has 0 aliphatic heterocycles. The minimum absolute atomic E-state index is 0.201. The highest BCUT2D eigenvalue weighted by molar-refractivity contribution is 7.72. The van der Waals surface area contributed by atoms with Crippen LogP contribution in [0.15, 0.2) is 48.5 Å². The fraction of sp³-hybridized carbons (Fsp3) is 0.133. The standard InChI is InChI=1S/C15H15O4P/c1-11-7-3-5-9-13(11)15(16)20(17,18)19-14-10-6-4-8-12(14)2/h3-10H,1-2H3,(H,17,18). The van der Waals surface area contributed by atoms with Gasteiger partial charge in [0.1, 0.15) is 5.75 Å². The van der Waals surface area contributed by atoms with Crippen LogP contribution in [0.4, 0.5) is 0 Å². The summed E-state index contributed by atoms with van der Waals surface area (Å²) < 4.78 is 17.2. The Kier molecular flexibility index (Phi) is 4.07. The highest BCUT2D eigenvalue weighted by Gasteiger charge is 2.34. The normalized spacial score (nSPS) is 13.6. The van der Waals surface area contributed by atoms with E-state index in [2.05, 4.69) is 0 Å². The van der Waals surface area contributed by atoms with E-state index in [1.54, 1.807) is 56.3 Å². The number of hydrogen-bond acceptors (Lipinski definition) is 3. The molecule has 0 saturated carbocycles. The summed E-state index contributed by atoms with van der Waals surface area (Å²) in [4.78, 5) is 22.1. The van der Waals surface area contributed by atoms with Crippen molar-refractivity contribution in [2.45, 2.75) is 13.8 Å². The Morgan fingerprint density at radius 2 is 1.55 bits per heavy atom. The van der Waals surface area contributed by atoms with Gasteiger partial charge in [-0.15, -0.1) is 0 Å². The molecule has 5 heteroatoms. The molecule has 0 bridgehead atoms. The lowest BCUT2D eigenvalue weighted by atomic mass is 10.1. The molecule has 0 aliphatic carbocycles. The summed E-state index contributed by atoms with van der Waals surface area (Å²) in [6.07, 6.45) is 0. The minimum atomic E-state index is -4.42. The summed E-state index contributed by atoms with van der Waals surface area (Å²) in [6, 6.07) is 13.4. The maximum atomic E-state index is 12.2. The smallest absolute Gasteiger partial charge is 0.419 e. The van der Waals surface area contributed by atoms with Crippen LogP contribution in [-0.2, 0) is 4.57 Å². The number of carbonyl (C=O) groups excluding carboxylic acids is 1. The summed E-state index contributed by atoms with van der Waals surface area (Å²) in [5.74, 6) is 0.236. The van der Waals surface area contributed by atoms with Crippen LogP contribution in [0.25, 0.3) is 0 Å². The van der Waals surface area contributed by atoms with Crippen molar-refractivity contribution in [3.63, 3.8) is 0 Å². The van der Waals surface area contributed by atoms with Gasteiger partial charge in [-0.1, -0.05) is 42.5 Å². The first-order valence-corrected chi connectivity index (χ1v) is 7.68. The molecule has 0 spiro atoms. The van der Waals surface area contributed by atoms with Crippen LogP contribution in [0.1, 0.15) is 21.5 Å². The topological polar surface area (TPSA) is 63.6 Å². The van der Waals surface area contributed by atoms with Gasteiger partial charge < -0.3 is 9.42 Å². The third-order valence-electron chi connectivity index (χ3n) is 2.95. The van der Waals surface area contributed by atoms with Crippen LogP contribution >= 0.6 is 7.60 Å². The number of hydrogen-bond donors (Lipinski definition) is 1. The predicted molar refractivity (Wildman–Crippen MR) is 77.1 cm³/mol. The van der Waals surface area contributed by atoms with Crippen molar-refractivity contribution in [3.05, 3.63) is 65.2 Å². The van der Waals surface area contributed by atoms with E-state index in [1.165, 1.54) is 6.07 Å². The zero-order valence-electron chi connectivity index (χ0n) is 11.2. The number of carbonyl (C=O) groups is 1. The van der Waals surface area contributed by atoms with Gasteiger partial charge in [0, 0.05) is 5.56 Å². The highest BCUT2D eigenvalue weighted by Crippen LogP contribution is 2.47. The average molecular weight is 290 g/mol. The molecule has 0 radical (unpaired) electrons. The lowest BCUT2D eigenvalue weighted by Crippen LogP contribution is -2.08. The van der Waals surface area contributed by atoms with E-state index in [0.29, 0.717) is 11.1 Å². The Morgan fingerprint density at radius 3 is 2.15 bits per heavy atom. The molecule has 2 aromatic carbocycles. The van der Waals surface area contributed by atoms with E-state index < -0.39 is 13.1 Å². The summed E-state index contributed by atoms with van der Waals surface area (Å²) in [6.45, 7) is 3.45. The molecular formula is C15H15O4P. The lowest BCUT2D eigenvalue weighted by molar-refractivity contribution is 0.104. The largest absolute Gasteiger partial charge is 0.448 e. The molecule has 4 nitrogen and oxygen atoms in total. The van der Waals surface area contributed by atoms with E-state index in [0.717, 1.165) is 0 Å². The second kappa shape index (κ2) is 5.61. The molecule has 0 saturated heterocycles. The van der Waals surface area contributed by atoms with Crippen LogP contribution in [0.3, 0.4) is 0 Å². The molecule has 0 aliphatic rings. The van der Waals surface area contributed by atoms with Gasteiger partial charge in [-0.25, -0.2) is 4.57 Å². The summed E-state index contributed by atoms with van der Waals surface area (Å²) in [7, 11) is -4.42. The molecule has 0 amide bonds. The molecule has 1 N–H and O–H groups in total. The van der Waals surface area contributed by atoms with Crippen molar-refractivity contribution in [1.29, 1.82) is 0 Å². The molecule has 0 aromatic heterocycles. The van der Waals surface area contributed by atoms with Crippen LogP contribution in [-0.4, -0.2) is 10.4 Å². The van der Waals surface area contributed by atoms with Gasteiger partial charge in [0.15, 0.2) is 0 Å². The average Bonchev–Trinajstić information content (AvgIpc) is 2.41. The quantitative estimate of drug-likeness (QED) is 0.872. The second-order valence-electron chi connectivity index (χ2n) is 4.50. The van der Waals surface area contributed by atoms with Gasteiger partial charge in [-0.05, 0) is 31.0 Å². The number of para-hydroxylation sites is 1. The van der Waals surface area contributed by atoms with E-state index in [9.17, 15) is 14.3 Å². The van der Waals surface area contributed by atoms with Crippen LogP contribution in [0, 0.1) is 13.8 Å². The van der Waals surface area contributed by atoms with Gasteiger partial charge in [0.25, 0.3) is 5.52 Å². The van der Waals surface area contributed by atoms with Crippen molar-refractivity contribution in [3.8, 4) is 5.75 Å². The molecule has 20 heavy (non-hydrogen) atoms. The molecule has 2 rings (SSSR count). The van der Waals surface area contributed by atoms with Gasteiger partial charge in [-0.2, -0.15) is 0 Å².